The largest absolute Gasteiger partial charge is 0.352 e. The Morgan fingerprint density at radius 2 is 2.00 bits per heavy atom. The van der Waals surface area contributed by atoms with E-state index in [1.807, 2.05) is 18.2 Å². The summed E-state index contributed by atoms with van der Waals surface area (Å²) in [5.41, 5.74) is 1.86. The molecule has 24 heavy (non-hydrogen) atoms. The van der Waals surface area contributed by atoms with Crippen molar-refractivity contribution in [2.75, 3.05) is 18.4 Å². The number of carbonyl (C=O) groups excluding carboxylic acids is 2. The molecule has 2 heterocycles. The molecule has 1 atom stereocenters. The van der Waals surface area contributed by atoms with Crippen molar-refractivity contribution in [3.63, 3.8) is 0 Å². The maximum Gasteiger partial charge on any atom is 0.235 e. The number of hydrogen-bond acceptors (Lipinski definition) is 3. The third kappa shape index (κ3) is 2.51. The fraction of sp³-hybridized carbons (Fsp3) is 0.579. The Morgan fingerprint density at radius 3 is 2.75 bits per heavy atom. The van der Waals surface area contributed by atoms with Gasteiger partial charge < -0.3 is 10.6 Å². The van der Waals surface area contributed by atoms with Gasteiger partial charge in [-0.3, -0.25) is 14.5 Å². The molecule has 4 rings (SSSR count). The number of fused-ring (bicyclic) bond motifs is 2. The summed E-state index contributed by atoms with van der Waals surface area (Å²) in [4.78, 5) is 26.4. The van der Waals surface area contributed by atoms with E-state index in [2.05, 4.69) is 21.6 Å². The van der Waals surface area contributed by atoms with E-state index in [1.165, 1.54) is 5.56 Å². The van der Waals surface area contributed by atoms with Gasteiger partial charge in [0, 0.05) is 37.8 Å². The van der Waals surface area contributed by atoms with Crippen molar-refractivity contribution < 1.29 is 9.59 Å². The zero-order valence-corrected chi connectivity index (χ0v) is 14.2. The van der Waals surface area contributed by atoms with E-state index in [-0.39, 0.29) is 23.3 Å². The second-order valence-corrected chi connectivity index (χ2v) is 7.49. The van der Waals surface area contributed by atoms with Crippen LogP contribution in [0.4, 0.5) is 5.69 Å². The Labute approximate surface area is 142 Å². The Morgan fingerprint density at radius 1 is 1.25 bits per heavy atom. The van der Waals surface area contributed by atoms with Crippen LogP contribution in [-0.2, 0) is 15.0 Å². The Balaban J connectivity index is 1.43. The number of anilines is 1. The van der Waals surface area contributed by atoms with E-state index < -0.39 is 0 Å². The summed E-state index contributed by atoms with van der Waals surface area (Å²) in [6.07, 6.45) is 4.97. The van der Waals surface area contributed by atoms with Crippen molar-refractivity contribution in [1.82, 2.24) is 10.2 Å². The Hall–Kier alpha value is -1.88. The predicted octanol–water partition coefficient (Wildman–Crippen LogP) is 2.03. The first-order valence-electron chi connectivity index (χ1n) is 9.01. The van der Waals surface area contributed by atoms with E-state index in [1.54, 1.807) is 6.92 Å². The van der Waals surface area contributed by atoms with E-state index >= 15 is 0 Å². The molecule has 0 aromatic heterocycles. The van der Waals surface area contributed by atoms with Crippen molar-refractivity contribution in [3.05, 3.63) is 29.8 Å². The molecule has 1 aromatic carbocycles. The van der Waals surface area contributed by atoms with Gasteiger partial charge in [-0.15, -0.1) is 0 Å². The summed E-state index contributed by atoms with van der Waals surface area (Å²) >= 11 is 0. The fourth-order valence-corrected chi connectivity index (χ4v) is 4.85. The van der Waals surface area contributed by atoms with Crippen LogP contribution in [0.25, 0.3) is 0 Å². The molecule has 3 aliphatic rings. The van der Waals surface area contributed by atoms with Crippen LogP contribution < -0.4 is 10.6 Å². The molecule has 5 heteroatoms. The van der Waals surface area contributed by atoms with Crippen molar-refractivity contribution in [1.29, 1.82) is 0 Å². The quantitative estimate of drug-likeness (QED) is 0.874. The van der Waals surface area contributed by atoms with Crippen molar-refractivity contribution in [2.24, 2.45) is 0 Å². The number of nitrogens with one attached hydrogen (secondary N) is 2. The Kier molecular flexibility index (Phi) is 3.83. The molecule has 1 aromatic rings. The van der Waals surface area contributed by atoms with Gasteiger partial charge in [-0.2, -0.15) is 0 Å². The number of hydrogen-bond donors (Lipinski definition) is 2. The van der Waals surface area contributed by atoms with E-state index in [0.29, 0.717) is 6.04 Å². The summed E-state index contributed by atoms with van der Waals surface area (Å²) in [6, 6.07) is 8.95. The van der Waals surface area contributed by atoms with Crippen LogP contribution in [-0.4, -0.2) is 41.9 Å². The monoisotopic (exact) mass is 327 g/mol. The number of rotatable bonds is 2. The highest BCUT2D eigenvalue weighted by Gasteiger charge is 2.49. The first-order valence-corrected chi connectivity index (χ1v) is 9.01. The van der Waals surface area contributed by atoms with Crippen LogP contribution in [0, 0.1) is 0 Å². The number of para-hydroxylation sites is 1. The first-order chi connectivity index (χ1) is 11.6. The van der Waals surface area contributed by atoms with Gasteiger partial charge in [-0.25, -0.2) is 0 Å². The molecule has 128 valence electrons. The molecule has 1 spiro atoms. The highest BCUT2D eigenvalue weighted by atomic mass is 16.2. The highest BCUT2D eigenvalue weighted by molar-refractivity contribution is 6.06. The lowest BCUT2D eigenvalue weighted by Crippen LogP contribution is -2.45. The minimum atomic E-state index is -0.316. The molecule has 1 saturated carbocycles. The molecule has 2 aliphatic heterocycles. The van der Waals surface area contributed by atoms with Crippen molar-refractivity contribution >= 4 is 17.5 Å². The molecule has 2 fully saturated rings. The van der Waals surface area contributed by atoms with Gasteiger partial charge >= 0.3 is 0 Å². The van der Waals surface area contributed by atoms with Crippen molar-refractivity contribution in [2.45, 2.75) is 56.5 Å². The van der Waals surface area contributed by atoms with Gasteiger partial charge in [0.25, 0.3) is 0 Å². The van der Waals surface area contributed by atoms with Crippen LogP contribution in [0.15, 0.2) is 24.3 Å². The maximum atomic E-state index is 12.6. The molecule has 5 nitrogen and oxygen atoms in total. The second kappa shape index (κ2) is 5.88. The van der Waals surface area contributed by atoms with Gasteiger partial charge in [-0.1, -0.05) is 18.2 Å². The van der Waals surface area contributed by atoms with Crippen LogP contribution in [0.2, 0.25) is 0 Å². The van der Waals surface area contributed by atoms with Crippen LogP contribution in [0.1, 0.15) is 44.6 Å². The van der Waals surface area contributed by atoms with Gasteiger partial charge in [-0.05, 0) is 43.7 Å². The standard InChI is InChI=1S/C19H25N3O2/c1-13(23)20-14-8-11-22(12-14)15-6-9-19(10-7-15)16-4-2-3-5-17(16)21-18(19)24/h2-5,14-15H,6-12H2,1H3,(H,20,23)(H,21,24)/t14-,15?,19?/m0/s1. The van der Waals surface area contributed by atoms with Crippen LogP contribution >= 0.6 is 0 Å². The number of nitrogens with zero attached hydrogens (tertiary/aromatic N) is 1. The third-order valence-corrected chi connectivity index (χ3v) is 6.08. The van der Waals surface area contributed by atoms with Crippen molar-refractivity contribution in [3.8, 4) is 0 Å². The zero-order valence-electron chi connectivity index (χ0n) is 14.2. The summed E-state index contributed by atoms with van der Waals surface area (Å²) in [6.45, 7) is 3.58. The molecule has 2 amide bonds. The molecule has 2 N–H and O–H groups in total. The average molecular weight is 327 g/mol. The van der Waals surface area contributed by atoms with Crippen LogP contribution in [0.3, 0.4) is 0 Å². The number of likely N-dealkylation sites (tertiary alicyclic amines) is 1. The number of benzene rings is 1. The van der Waals surface area contributed by atoms with Gasteiger partial charge in [0.1, 0.15) is 0 Å². The second-order valence-electron chi connectivity index (χ2n) is 7.49. The van der Waals surface area contributed by atoms with Gasteiger partial charge in [0.15, 0.2) is 0 Å². The molecular formula is C19H25N3O2. The smallest absolute Gasteiger partial charge is 0.235 e. The summed E-state index contributed by atoms with van der Waals surface area (Å²) in [5.74, 6) is 0.239. The van der Waals surface area contributed by atoms with E-state index in [9.17, 15) is 9.59 Å². The topological polar surface area (TPSA) is 61.4 Å². The van der Waals surface area contributed by atoms with Crippen LogP contribution in [0.5, 0.6) is 0 Å². The number of carbonyl (C=O) groups is 2. The average Bonchev–Trinajstić information content (AvgIpc) is 3.12. The lowest BCUT2D eigenvalue weighted by atomic mass is 9.68. The summed E-state index contributed by atoms with van der Waals surface area (Å²) in [5, 5.41) is 6.11. The lowest BCUT2D eigenvalue weighted by Gasteiger charge is -2.39. The number of amides is 2. The first kappa shape index (κ1) is 15.6. The molecule has 0 unspecified atom stereocenters. The Bertz CT molecular complexity index is 664. The minimum Gasteiger partial charge on any atom is -0.352 e. The molecular weight excluding hydrogens is 302 g/mol. The lowest BCUT2D eigenvalue weighted by molar-refractivity contribution is -0.122. The summed E-state index contributed by atoms with van der Waals surface area (Å²) < 4.78 is 0. The van der Waals surface area contributed by atoms with E-state index in [4.69, 9.17) is 0 Å². The molecule has 0 bridgehead atoms. The SMILES string of the molecule is CC(=O)N[C@H]1CCN(C2CCC3(CC2)C(=O)Nc2ccccc23)C1. The summed E-state index contributed by atoms with van der Waals surface area (Å²) in [7, 11) is 0. The van der Waals surface area contributed by atoms with Gasteiger partial charge in [0.2, 0.25) is 11.8 Å². The third-order valence-electron chi connectivity index (χ3n) is 6.08. The molecule has 1 saturated heterocycles. The van der Waals surface area contributed by atoms with E-state index in [0.717, 1.165) is 50.9 Å². The molecule has 0 radical (unpaired) electrons. The van der Waals surface area contributed by atoms with Gasteiger partial charge in [0.05, 0.1) is 5.41 Å². The fourth-order valence-electron chi connectivity index (χ4n) is 4.85. The zero-order chi connectivity index (χ0) is 16.7. The maximum absolute atomic E-state index is 12.6. The normalized spacial score (nSPS) is 32.6. The highest BCUT2D eigenvalue weighted by Crippen LogP contribution is 2.48. The minimum absolute atomic E-state index is 0.0590. The predicted molar refractivity (Wildman–Crippen MR) is 92.8 cm³/mol. The molecule has 1 aliphatic carbocycles.